The Balaban J connectivity index is 1.90. The first-order valence-electron chi connectivity index (χ1n) is 10.8. The SMILES string of the molecule is CNc1ncc(Cl)cc1C(=O)N(CCc1cccc(C(F)(F)F)c1)Cc1ccc(C(C)(C)C)s1. The van der Waals surface area contributed by atoms with Crippen LogP contribution in [0, 0.1) is 0 Å². The third kappa shape index (κ3) is 6.51. The Morgan fingerprint density at radius 1 is 1.15 bits per heavy atom. The summed E-state index contributed by atoms with van der Waals surface area (Å²) in [6.07, 6.45) is -2.69. The second-order valence-electron chi connectivity index (χ2n) is 8.99. The van der Waals surface area contributed by atoms with Gasteiger partial charge in [0.25, 0.3) is 5.91 Å². The Hall–Kier alpha value is -2.58. The van der Waals surface area contributed by atoms with Crippen LogP contribution in [-0.4, -0.2) is 29.4 Å². The Kier molecular flexibility index (Phi) is 7.93. The predicted octanol–water partition coefficient (Wildman–Crippen LogP) is 7.04. The number of anilines is 1. The number of carbonyl (C=O) groups is 1. The first kappa shape index (κ1) is 26.0. The number of amides is 1. The summed E-state index contributed by atoms with van der Waals surface area (Å²) in [7, 11) is 1.66. The maximum absolute atomic E-state index is 13.5. The fraction of sp³-hybridized carbons (Fsp3) is 0.360. The van der Waals surface area contributed by atoms with Crippen molar-refractivity contribution in [3.8, 4) is 0 Å². The molecule has 1 N–H and O–H groups in total. The molecule has 0 radical (unpaired) electrons. The molecule has 9 heteroatoms. The van der Waals surface area contributed by atoms with Crippen LogP contribution in [0.15, 0.2) is 48.7 Å². The van der Waals surface area contributed by atoms with Gasteiger partial charge in [0.15, 0.2) is 0 Å². The summed E-state index contributed by atoms with van der Waals surface area (Å²) in [4.78, 5) is 21.5. The van der Waals surface area contributed by atoms with Gasteiger partial charge >= 0.3 is 6.18 Å². The smallest absolute Gasteiger partial charge is 0.372 e. The minimum absolute atomic E-state index is 0.0219. The average molecular weight is 510 g/mol. The van der Waals surface area contributed by atoms with Gasteiger partial charge in [-0.25, -0.2) is 4.98 Å². The van der Waals surface area contributed by atoms with E-state index in [-0.39, 0.29) is 24.3 Å². The summed E-state index contributed by atoms with van der Waals surface area (Å²) in [5.41, 5.74) is 0.0951. The minimum Gasteiger partial charge on any atom is -0.372 e. The maximum Gasteiger partial charge on any atom is 0.416 e. The number of benzene rings is 1. The van der Waals surface area contributed by atoms with Crippen LogP contribution >= 0.6 is 22.9 Å². The third-order valence-electron chi connectivity index (χ3n) is 5.28. The monoisotopic (exact) mass is 509 g/mol. The van der Waals surface area contributed by atoms with E-state index in [1.54, 1.807) is 35.4 Å². The number of carbonyl (C=O) groups excluding carboxylic acids is 1. The highest BCUT2D eigenvalue weighted by Gasteiger charge is 2.30. The second kappa shape index (κ2) is 10.4. The predicted molar refractivity (Wildman–Crippen MR) is 132 cm³/mol. The molecule has 3 rings (SSSR count). The lowest BCUT2D eigenvalue weighted by atomic mass is 9.95. The average Bonchev–Trinajstić information content (AvgIpc) is 3.25. The van der Waals surface area contributed by atoms with Crippen LogP contribution in [0.5, 0.6) is 0 Å². The van der Waals surface area contributed by atoms with E-state index < -0.39 is 11.7 Å². The van der Waals surface area contributed by atoms with Crippen molar-refractivity contribution >= 4 is 34.7 Å². The summed E-state index contributed by atoms with van der Waals surface area (Å²) in [5.74, 6) is 0.0945. The number of aromatic nitrogens is 1. The topological polar surface area (TPSA) is 45.2 Å². The Bertz CT molecular complexity index is 1150. The summed E-state index contributed by atoms with van der Waals surface area (Å²) in [6, 6.07) is 10.8. The molecule has 2 heterocycles. The van der Waals surface area contributed by atoms with Gasteiger partial charge in [-0.15, -0.1) is 11.3 Å². The molecule has 0 aliphatic heterocycles. The molecule has 1 aromatic carbocycles. The van der Waals surface area contributed by atoms with E-state index in [1.807, 2.05) is 6.07 Å². The highest BCUT2D eigenvalue weighted by molar-refractivity contribution is 7.12. The van der Waals surface area contributed by atoms with E-state index >= 15 is 0 Å². The largest absolute Gasteiger partial charge is 0.416 e. The molecule has 0 aliphatic rings. The van der Waals surface area contributed by atoms with E-state index in [9.17, 15) is 18.0 Å². The lowest BCUT2D eigenvalue weighted by molar-refractivity contribution is -0.137. The highest BCUT2D eigenvalue weighted by atomic mass is 35.5. The van der Waals surface area contributed by atoms with Gasteiger partial charge in [-0.05, 0) is 41.7 Å². The number of pyridine rings is 1. The number of alkyl halides is 3. The highest BCUT2D eigenvalue weighted by Crippen LogP contribution is 2.32. The summed E-state index contributed by atoms with van der Waals surface area (Å²) in [6.45, 7) is 6.93. The summed E-state index contributed by atoms with van der Waals surface area (Å²) >= 11 is 7.73. The quantitative estimate of drug-likeness (QED) is 0.371. The Morgan fingerprint density at radius 3 is 2.50 bits per heavy atom. The number of halogens is 4. The number of rotatable bonds is 7. The van der Waals surface area contributed by atoms with Crippen LogP contribution in [0.2, 0.25) is 5.02 Å². The molecular weight excluding hydrogens is 483 g/mol. The standard InChI is InChI=1S/C25H27ClF3N3OS/c1-24(2,3)21-9-8-19(34-21)15-32(23(33)20-13-18(26)14-31-22(20)30-4)11-10-16-6-5-7-17(12-16)25(27,28)29/h5-9,12-14H,10-11,15H2,1-4H3,(H,30,31). The van der Waals surface area contributed by atoms with Crippen molar-refractivity contribution in [2.24, 2.45) is 0 Å². The third-order valence-corrected chi connectivity index (χ3v) is 6.98. The first-order valence-corrected chi connectivity index (χ1v) is 12.0. The summed E-state index contributed by atoms with van der Waals surface area (Å²) in [5, 5.41) is 3.23. The molecule has 182 valence electrons. The maximum atomic E-state index is 13.5. The number of nitrogens with one attached hydrogen (secondary N) is 1. The molecule has 0 saturated heterocycles. The van der Waals surface area contributed by atoms with E-state index in [2.05, 4.69) is 37.1 Å². The van der Waals surface area contributed by atoms with Crippen molar-refractivity contribution in [1.82, 2.24) is 9.88 Å². The molecule has 0 saturated carbocycles. The molecule has 3 aromatic rings. The van der Waals surface area contributed by atoms with Crippen molar-refractivity contribution in [1.29, 1.82) is 0 Å². The van der Waals surface area contributed by atoms with Crippen LogP contribution in [0.3, 0.4) is 0 Å². The van der Waals surface area contributed by atoms with Crippen molar-refractivity contribution in [3.63, 3.8) is 0 Å². The zero-order valence-electron chi connectivity index (χ0n) is 19.5. The minimum atomic E-state index is -4.42. The van der Waals surface area contributed by atoms with Crippen LogP contribution in [-0.2, 0) is 24.6 Å². The second-order valence-corrected chi connectivity index (χ2v) is 10.6. The molecule has 0 atom stereocenters. The van der Waals surface area contributed by atoms with Crippen LogP contribution in [0.1, 0.15) is 52.0 Å². The Morgan fingerprint density at radius 2 is 1.88 bits per heavy atom. The molecule has 0 spiro atoms. The molecule has 0 fully saturated rings. The zero-order chi connectivity index (χ0) is 25.1. The first-order chi connectivity index (χ1) is 15.9. The van der Waals surface area contributed by atoms with E-state index in [0.29, 0.717) is 28.5 Å². The van der Waals surface area contributed by atoms with Gasteiger partial charge in [-0.3, -0.25) is 4.79 Å². The summed E-state index contributed by atoms with van der Waals surface area (Å²) < 4.78 is 39.4. The molecule has 34 heavy (non-hydrogen) atoms. The number of hydrogen-bond acceptors (Lipinski definition) is 4. The van der Waals surface area contributed by atoms with Gasteiger partial charge in [-0.1, -0.05) is 50.6 Å². The van der Waals surface area contributed by atoms with Gasteiger partial charge in [0.2, 0.25) is 0 Å². The lowest BCUT2D eigenvalue weighted by Gasteiger charge is -2.24. The van der Waals surface area contributed by atoms with E-state index in [4.69, 9.17) is 11.6 Å². The van der Waals surface area contributed by atoms with Crippen molar-refractivity contribution < 1.29 is 18.0 Å². The zero-order valence-corrected chi connectivity index (χ0v) is 21.0. The molecular formula is C25H27ClF3N3OS. The number of thiophene rings is 1. The van der Waals surface area contributed by atoms with Crippen LogP contribution < -0.4 is 5.32 Å². The Labute approximate surface area is 206 Å². The van der Waals surface area contributed by atoms with E-state index in [0.717, 1.165) is 17.0 Å². The van der Waals surface area contributed by atoms with Crippen molar-refractivity contribution in [2.75, 3.05) is 18.9 Å². The lowest BCUT2D eigenvalue weighted by Crippen LogP contribution is -2.33. The number of nitrogens with zero attached hydrogens (tertiary/aromatic N) is 2. The fourth-order valence-corrected chi connectivity index (χ4v) is 4.68. The fourth-order valence-electron chi connectivity index (χ4n) is 3.45. The van der Waals surface area contributed by atoms with Crippen molar-refractivity contribution in [3.05, 3.63) is 80.1 Å². The molecule has 0 unspecified atom stereocenters. The van der Waals surface area contributed by atoms with Gasteiger partial charge < -0.3 is 10.2 Å². The van der Waals surface area contributed by atoms with Crippen LogP contribution in [0.25, 0.3) is 0 Å². The molecule has 2 aromatic heterocycles. The number of hydrogen-bond donors (Lipinski definition) is 1. The van der Waals surface area contributed by atoms with E-state index in [1.165, 1.54) is 17.1 Å². The molecule has 4 nitrogen and oxygen atoms in total. The van der Waals surface area contributed by atoms with Gasteiger partial charge in [0.05, 0.1) is 22.7 Å². The van der Waals surface area contributed by atoms with Gasteiger partial charge in [0.1, 0.15) is 5.82 Å². The van der Waals surface area contributed by atoms with Gasteiger partial charge in [0, 0.05) is 29.5 Å². The molecule has 0 aliphatic carbocycles. The van der Waals surface area contributed by atoms with Crippen LogP contribution in [0.4, 0.5) is 19.0 Å². The van der Waals surface area contributed by atoms with Gasteiger partial charge in [-0.2, -0.15) is 13.2 Å². The molecule has 0 bridgehead atoms. The normalized spacial score (nSPS) is 12.0. The molecule has 1 amide bonds. The van der Waals surface area contributed by atoms with Crippen molar-refractivity contribution in [2.45, 2.75) is 45.3 Å².